The Balaban J connectivity index is 1.95. The summed E-state index contributed by atoms with van der Waals surface area (Å²) in [6.07, 6.45) is 0. The summed E-state index contributed by atoms with van der Waals surface area (Å²) in [4.78, 5) is 34.8. The lowest BCUT2D eigenvalue weighted by atomic mass is 10.2. The first-order valence-corrected chi connectivity index (χ1v) is 8.19. The topological polar surface area (TPSA) is 81.7 Å². The molecular formula is C18H16BrNO5. The first-order chi connectivity index (χ1) is 12.0. The minimum Gasteiger partial charge on any atom is -0.483 e. The average Bonchev–Trinajstić information content (AvgIpc) is 2.60. The van der Waals surface area contributed by atoms with Gasteiger partial charge in [-0.05, 0) is 43.3 Å². The van der Waals surface area contributed by atoms with Crippen LogP contribution in [0.25, 0.3) is 0 Å². The number of carbonyl (C=O) groups excluding carboxylic acids is 3. The fraction of sp³-hybridized carbons (Fsp3) is 0.167. The number of ether oxygens (including phenoxy) is 2. The molecule has 0 aliphatic carbocycles. The molecule has 1 amide bonds. The van der Waals surface area contributed by atoms with E-state index in [4.69, 9.17) is 9.47 Å². The van der Waals surface area contributed by atoms with Crippen LogP contribution in [0.1, 0.15) is 17.3 Å². The molecule has 0 radical (unpaired) electrons. The summed E-state index contributed by atoms with van der Waals surface area (Å²) in [5, 5.41) is 2.68. The van der Waals surface area contributed by atoms with Crippen molar-refractivity contribution < 1.29 is 23.9 Å². The predicted octanol–water partition coefficient (Wildman–Crippen LogP) is 3.21. The van der Waals surface area contributed by atoms with Gasteiger partial charge in [0.25, 0.3) is 5.91 Å². The molecule has 2 aromatic rings. The zero-order valence-corrected chi connectivity index (χ0v) is 15.0. The molecule has 1 N–H and O–H groups in total. The van der Waals surface area contributed by atoms with E-state index in [0.717, 1.165) is 4.47 Å². The highest BCUT2D eigenvalue weighted by Crippen LogP contribution is 2.19. The van der Waals surface area contributed by atoms with E-state index in [2.05, 4.69) is 21.2 Å². The van der Waals surface area contributed by atoms with Crippen LogP contribution in [0.2, 0.25) is 0 Å². The summed E-state index contributed by atoms with van der Waals surface area (Å²) in [6.45, 7) is 0.742. The SMILES string of the molecule is CC(=O)COC(=O)c1ccccc1OCC(=O)Nc1ccc(Br)cc1. The molecule has 2 aromatic carbocycles. The Kier molecular flexibility index (Phi) is 6.71. The molecule has 0 spiro atoms. The van der Waals surface area contributed by atoms with Crippen molar-refractivity contribution in [3.8, 4) is 5.75 Å². The van der Waals surface area contributed by atoms with E-state index in [-0.39, 0.29) is 36.2 Å². The molecule has 25 heavy (non-hydrogen) atoms. The maximum Gasteiger partial charge on any atom is 0.342 e. The van der Waals surface area contributed by atoms with Crippen molar-refractivity contribution in [3.63, 3.8) is 0 Å². The minimum atomic E-state index is -0.681. The van der Waals surface area contributed by atoms with Crippen molar-refractivity contribution in [2.45, 2.75) is 6.92 Å². The number of benzene rings is 2. The number of hydrogen-bond donors (Lipinski definition) is 1. The highest BCUT2D eigenvalue weighted by Gasteiger charge is 2.15. The van der Waals surface area contributed by atoms with Crippen LogP contribution in [0.3, 0.4) is 0 Å². The van der Waals surface area contributed by atoms with Gasteiger partial charge in [-0.3, -0.25) is 9.59 Å². The number of ketones is 1. The third-order valence-corrected chi connectivity index (χ3v) is 3.53. The van der Waals surface area contributed by atoms with Gasteiger partial charge in [-0.1, -0.05) is 28.1 Å². The number of para-hydroxylation sites is 1. The number of esters is 1. The molecule has 0 fully saturated rings. The molecule has 6 nitrogen and oxygen atoms in total. The number of nitrogens with one attached hydrogen (secondary N) is 1. The molecule has 0 heterocycles. The molecular weight excluding hydrogens is 390 g/mol. The molecule has 2 rings (SSSR count). The van der Waals surface area contributed by atoms with Crippen LogP contribution in [0.5, 0.6) is 5.75 Å². The number of anilines is 1. The fourth-order valence-corrected chi connectivity index (χ4v) is 2.14. The van der Waals surface area contributed by atoms with Gasteiger partial charge < -0.3 is 14.8 Å². The normalized spacial score (nSPS) is 10.0. The number of hydrogen-bond acceptors (Lipinski definition) is 5. The molecule has 0 aliphatic heterocycles. The van der Waals surface area contributed by atoms with E-state index in [0.29, 0.717) is 5.69 Å². The first-order valence-electron chi connectivity index (χ1n) is 7.39. The molecule has 0 bridgehead atoms. The van der Waals surface area contributed by atoms with Crippen LogP contribution in [-0.2, 0) is 14.3 Å². The highest BCUT2D eigenvalue weighted by molar-refractivity contribution is 9.10. The van der Waals surface area contributed by atoms with Crippen molar-refractivity contribution in [2.24, 2.45) is 0 Å². The van der Waals surface area contributed by atoms with Crippen molar-refractivity contribution >= 4 is 39.3 Å². The van der Waals surface area contributed by atoms with E-state index in [9.17, 15) is 14.4 Å². The summed E-state index contributed by atoms with van der Waals surface area (Å²) < 4.78 is 11.2. The van der Waals surface area contributed by atoms with Gasteiger partial charge in [-0.2, -0.15) is 0 Å². The number of Topliss-reactive ketones (excluding diaryl/α,β-unsaturated/α-hetero) is 1. The third kappa shape index (κ3) is 6.04. The standard InChI is InChI=1S/C18H16BrNO5/c1-12(21)10-25-18(23)15-4-2-3-5-16(15)24-11-17(22)20-14-8-6-13(19)7-9-14/h2-9H,10-11H2,1H3,(H,20,22). The largest absolute Gasteiger partial charge is 0.483 e. The molecule has 0 unspecified atom stereocenters. The third-order valence-electron chi connectivity index (χ3n) is 3.00. The highest BCUT2D eigenvalue weighted by atomic mass is 79.9. The Labute approximate surface area is 153 Å². The average molecular weight is 406 g/mol. The van der Waals surface area contributed by atoms with Gasteiger partial charge in [0.05, 0.1) is 0 Å². The summed E-state index contributed by atoms with van der Waals surface area (Å²) in [6, 6.07) is 13.5. The van der Waals surface area contributed by atoms with Crippen molar-refractivity contribution in [1.82, 2.24) is 0 Å². The van der Waals surface area contributed by atoms with Gasteiger partial charge in [-0.15, -0.1) is 0 Å². The van der Waals surface area contributed by atoms with Crippen LogP contribution in [0.15, 0.2) is 53.0 Å². The maximum atomic E-state index is 12.0. The molecule has 130 valence electrons. The second-order valence-electron chi connectivity index (χ2n) is 5.12. The molecule has 0 atom stereocenters. The van der Waals surface area contributed by atoms with Gasteiger partial charge in [0.15, 0.2) is 12.4 Å². The molecule has 0 aromatic heterocycles. The fourth-order valence-electron chi connectivity index (χ4n) is 1.88. The van der Waals surface area contributed by atoms with Gasteiger partial charge in [0.1, 0.15) is 17.9 Å². The van der Waals surface area contributed by atoms with Gasteiger partial charge in [-0.25, -0.2) is 4.79 Å². The van der Waals surface area contributed by atoms with Crippen LogP contribution in [0.4, 0.5) is 5.69 Å². The minimum absolute atomic E-state index is 0.153. The molecule has 0 saturated carbocycles. The number of amides is 1. The van der Waals surface area contributed by atoms with Gasteiger partial charge in [0, 0.05) is 10.2 Å². The number of rotatable bonds is 7. The van der Waals surface area contributed by atoms with E-state index in [1.165, 1.54) is 13.0 Å². The number of halogens is 1. The Bertz CT molecular complexity index is 773. The summed E-state index contributed by atoms with van der Waals surface area (Å²) >= 11 is 3.31. The van der Waals surface area contributed by atoms with Crippen molar-refractivity contribution in [1.29, 1.82) is 0 Å². The van der Waals surface area contributed by atoms with Crippen molar-refractivity contribution in [2.75, 3.05) is 18.5 Å². The predicted molar refractivity (Wildman–Crippen MR) is 95.7 cm³/mol. The quantitative estimate of drug-likeness (QED) is 0.715. The Morgan fingerprint density at radius 3 is 2.36 bits per heavy atom. The van der Waals surface area contributed by atoms with Crippen LogP contribution < -0.4 is 10.1 Å². The first kappa shape index (κ1) is 18.7. The maximum absolute atomic E-state index is 12.0. The van der Waals surface area contributed by atoms with Crippen LogP contribution in [-0.4, -0.2) is 30.9 Å². The van der Waals surface area contributed by atoms with E-state index >= 15 is 0 Å². The lowest BCUT2D eigenvalue weighted by Crippen LogP contribution is -2.21. The lowest BCUT2D eigenvalue weighted by Gasteiger charge is -2.11. The van der Waals surface area contributed by atoms with E-state index in [1.54, 1.807) is 42.5 Å². The Morgan fingerprint density at radius 1 is 1.00 bits per heavy atom. The molecule has 0 aliphatic rings. The summed E-state index contributed by atoms with van der Waals surface area (Å²) in [7, 11) is 0. The lowest BCUT2D eigenvalue weighted by molar-refractivity contribution is -0.120. The smallest absolute Gasteiger partial charge is 0.342 e. The van der Waals surface area contributed by atoms with Crippen LogP contribution in [0, 0.1) is 0 Å². The van der Waals surface area contributed by atoms with Crippen LogP contribution >= 0.6 is 15.9 Å². The second kappa shape index (κ2) is 8.98. The zero-order valence-electron chi connectivity index (χ0n) is 13.5. The second-order valence-corrected chi connectivity index (χ2v) is 6.03. The van der Waals surface area contributed by atoms with Gasteiger partial charge >= 0.3 is 5.97 Å². The van der Waals surface area contributed by atoms with Gasteiger partial charge in [0.2, 0.25) is 0 Å². The zero-order chi connectivity index (χ0) is 18.2. The Hall–Kier alpha value is -2.67. The summed E-state index contributed by atoms with van der Waals surface area (Å²) in [5.41, 5.74) is 0.783. The monoisotopic (exact) mass is 405 g/mol. The number of carbonyl (C=O) groups is 3. The Morgan fingerprint density at radius 2 is 1.68 bits per heavy atom. The molecule has 7 heteroatoms. The molecule has 0 saturated heterocycles. The summed E-state index contributed by atoms with van der Waals surface area (Å²) in [5.74, 6) is -1.10. The van der Waals surface area contributed by atoms with Crippen molar-refractivity contribution in [3.05, 3.63) is 58.6 Å². The van der Waals surface area contributed by atoms with E-state index in [1.807, 2.05) is 0 Å². The van der Waals surface area contributed by atoms with E-state index < -0.39 is 5.97 Å².